The lowest BCUT2D eigenvalue weighted by Crippen LogP contribution is -2.34. The standard InChI is InChI=1S/C20H28O/c1-13-7-10-18-16-5-3-4-6-17(18)20-12-15(21-2)9-8-14(20)11-19(13)16/h8-9,12-13,16-19H,3-7,10-11H2,1-2H3/t13?,16-,17?,18?,19+/m0/s1. The van der Waals surface area contributed by atoms with Crippen molar-refractivity contribution in [3.05, 3.63) is 29.3 Å². The Morgan fingerprint density at radius 2 is 1.81 bits per heavy atom. The van der Waals surface area contributed by atoms with E-state index in [4.69, 9.17) is 4.74 Å². The first kappa shape index (κ1) is 13.7. The molecule has 0 spiro atoms. The molecule has 3 unspecified atom stereocenters. The molecule has 5 atom stereocenters. The van der Waals surface area contributed by atoms with Crippen molar-refractivity contribution in [2.24, 2.45) is 23.7 Å². The smallest absolute Gasteiger partial charge is 0.119 e. The number of fused-ring (bicyclic) bond motifs is 2. The molecule has 21 heavy (non-hydrogen) atoms. The van der Waals surface area contributed by atoms with Gasteiger partial charge < -0.3 is 4.74 Å². The van der Waals surface area contributed by atoms with Gasteiger partial charge in [-0.25, -0.2) is 0 Å². The molecule has 1 aromatic rings. The van der Waals surface area contributed by atoms with Crippen molar-refractivity contribution in [3.8, 4) is 5.75 Å². The van der Waals surface area contributed by atoms with Crippen LogP contribution in [0, 0.1) is 23.7 Å². The number of methoxy groups -OCH3 is 1. The Labute approximate surface area is 129 Å². The highest BCUT2D eigenvalue weighted by Gasteiger charge is 2.44. The van der Waals surface area contributed by atoms with Gasteiger partial charge in [0.2, 0.25) is 0 Å². The van der Waals surface area contributed by atoms with Gasteiger partial charge in [0.15, 0.2) is 0 Å². The summed E-state index contributed by atoms with van der Waals surface area (Å²) in [5.41, 5.74) is 3.27. The van der Waals surface area contributed by atoms with Crippen LogP contribution in [0.2, 0.25) is 0 Å². The third-order valence-corrected chi connectivity index (χ3v) is 6.81. The molecule has 0 N–H and O–H groups in total. The molecule has 3 aliphatic carbocycles. The molecular formula is C20H28O. The minimum Gasteiger partial charge on any atom is -0.497 e. The van der Waals surface area contributed by atoms with E-state index in [1.165, 1.54) is 44.9 Å². The number of hydrogen-bond donors (Lipinski definition) is 0. The molecule has 1 nitrogen and oxygen atoms in total. The highest BCUT2D eigenvalue weighted by molar-refractivity contribution is 5.40. The van der Waals surface area contributed by atoms with Crippen molar-refractivity contribution < 1.29 is 4.74 Å². The van der Waals surface area contributed by atoms with E-state index in [0.717, 1.165) is 35.3 Å². The Hall–Kier alpha value is -0.980. The van der Waals surface area contributed by atoms with E-state index in [1.807, 2.05) is 0 Å². The first-order valence-electron chi connectivity index (χ1n) is 8.94. The SMILES string of the molecule is COc1ccc2c(c1)C1CCCC[C@H]3C1CCC(C)[C@H]3C2. The number of hydrogen-bond acceptors (Lipinski definition) is 1. The van der Waals surface area contributed by atoms with E-state index in [9.17, 15) is 0 Å². The van der Waals surface area contributed by atoms with Gasteiger partial charge in [-0.2, -0.15) is 0 Å². The van der Waals surface area contributed by atoms with Crippen molar-refractivity contribution in [1.82, 2.24) is 0 Å². The second-order valence-electron chi connectivity index (χ2n) is 7.71. The monoisotopic (exact) mass is 284 g/mol. The van der Waals surface area contributed by atoms with Gasteiger partial charge in [-0.05, 0) is 78.5 Å². The highest BCUT2D eigenvalue weighted by Crippen LogP contribution is 2.55. The molecule has 0 aliphatic heterocycles. The van der Waals surface area contributed by atoms with Crippen LogP contribution in [0.25, 0.3) is 0 Å². The number of rotatable bonds is 1. The van der Waals surface area contributed by atoms with Gasteiger partial charge in [-0.3, -0.25) is 0 Å². The first-order chi connectivity index (χ1) is 10.3. The van der Waals surface area contributed by atoms with Crippen LogP contribution in [0.3, 0.4) is 0 Å². The van der Waals surface area contributed by atoms with Crippen molar-refractivity contribution in [1.29, 1.82) is 0 Å². The number of ether oxygens (including phenoxy) is 1. The Bertz CT molecular complexity index is 521. The molecular weight excluding hydrogens is 256 g/mol. The fourth-order valence-corrected chi connectivity index (χ4v) is 5.73. The third-order valence-electron chi connectivity index (χ3n) is 6.81. The van der Waals surface area contributed by atoms with Crippen LogP contribution in [0.1, 0.15) is 62.5 Å². The Morgan fingerprint density at radius 1 is 0.952 bits per heavy atom. The van der Waals surface area contributed by atoms with Crippen molar-refractivity contribution >= 4 is 0 Å². The molecule has 114 valence electrons. The van der Waals surface area contributed by atoms with Crippen LogP contribution >= 0.6 is 0 Å². The second kappa shape index (κ2) is 5.34. The molecule has 0 heterocycles. The third kappa shape index (κ3) is 2.20. The molecule has 0 amide bonds. The lowest BCUT2D eigenvalue weighted by molar-refractivity contribution is 0.0878. The molecule has 1 aromatic carbocycles. The average Bonchev–Trinajstić information content (AvgIpc) is 2.77. The minimum absolute atomic E-state index is 0.806. The fraction of sp³-hybridized carbons (Fsp3) is 0.700. The van der Waals surface area contributed by atoms with Crippen molar-refractivity contribution in [3.63, 3.8) is 0 Å². The number of benzene rings is 1. The van der Waals surface area contributed by atoms with E-state index in [-0.39, 0.29) is 0 Å². The van der Waals surface area contributed by atoms with E-state index in [2.05, 4.69) is 25.1 Å². The minimum atomic E-state index is 0.806. The molecule has 0 aromatic heterocycles. The van der Waals surface area contributed by atoms with Crippen LogP contribution in [-0.4, -0.2) is 7.11 Å². The summed E-state index contributed by atoms with van der Waals surface area (Å²) < 4.78 is 5.52. The summed E-state index contributed by atoms with van der Waals surface area (Å²) in [5, 5.41) is 0. The van der Waals surface area contributed by atoms with Gasteiger partial charge in [-0.15, -0.1) is 0 Å². The zero-order valence-electron chi connectivity index (χ0n) is 13.5. The lowest BCUT2D eigenvalue weighted by atomic mass is 9.63. The van der Waals surface area contributed by atoms with Crippen LogP contribution < -0.4 is 4.74 Å². The summed E-state index contributed by atoms with van der Waals surface area (Å²) in [6.07, 6.45) is 10.0. The maximum atomic E-state index is 5.52. The Kier molecular flexibility index (Phi) is 3.47. The Morgan fingerprint density at radius 3 is 2.67 bits per heavy atom. The maximum absolute atomic E-state index is 5.52. The highest BCUT2D eigenvalue weighted by atomic mass is 16.5. The molecule has 2 saturated carbocycles. The zero-order chi connectivity index (χ0) is 14.4. The Balaban J connectivity index is 1.83. The van der Waals surface area contributed by atoms with E-state index in [0.29, 0.717) is 0 Å². The quantitative estimate of drug-likeness (QED) is 0.690. The predicted molar refractivity (Wildman–Crippen MR) is 86.8 cm³/mol. The molecule has 4 rings (SSSR count). The van der Waals surface area contributed by atoms with E-state index >= 15 is 0 Å². The first-order valence-corrected chi connectivity index (χ1v) is 8.94. The summed E-state index contributed by atoms with van der Waals surface area (Å²) in [4.78, 5) is 0. The summed E-state index contributed by atoms with van der Waals surface area (Å²) in [6, 6.07) is 6.91. The molecule has 1 heteroatoms. The van der Waals surface area contributed by atoms with Crippen LogP contribution in [0.15, 0.2) is 18.2 Å². The van der Waals surface area contributed by atoms with E-state index in [1.54, 1.807) is 18.2 Å². The summed E-state index contributed by atoms with van der Waals surface area (Å²) in [6.45, 7) is 2.51. The predicted octanol–water partition coefficient (Wildman–Crippen LogP) is 5.19. The normalized spacial score (nSPS) is 38.1. The topological polar surface area (TPSA) is 9.23 Å². The summed E-state index contributed by atoms with van der Waals surface area (Å²) in [5.74, 6) is 5.64. The maximum Gasteiger partial charge on any atom is 0.119 e. The molecule has 4 bridgehead atoms. The van der Waals surface area contributed by atoms with Gasteiger partial charge in [-0.1, -0.05) is 32.3 Å². The fourth-order valence-electron chi connectivity index (χ4n) is 5.73. The van der Waals surface area contributed by atoms with Gasteiger partial charge >= 0.3 is 0 Å². The lowest BCUT2D eigenvalue weighted by Gasteiger charge is -2.42. The zero-order valence-corrected chi connectivity index (χ0v) is 13.5. The van der Waals surface area contributed by atoms with Gasteiger partial charge in [0, 0.05) is 0 Å². The van der Waals surface area contributed by atoms with Gasteiger partial charge in [0.1, 0.15) is 5.75 Å². The largest absolute Gasteiger partial charge is 0.497 e. The summed E-state index contributed by atoms with van der Waals surface area (Å²) >= 11 is 0. The van der Waals surface area contributed by atoms with Crippen LogP contribution in [0.5, 0.6) is 5.75 Å². The van der Waals surface area contributed by atoms with Crippen molar-refractivity contribution in [2.45, 2.75) is 57.8 Å². The van der Waals surface area contributed by atoms with Gasteiger partial charge in [0.25, 0.3) is 0 Å². The molecule has 2 fully saturated rings. The van der Waals surface area contributed by atoms with Gasteiger partial charge in [0.05, 0.1) is 7.11 Å². The van der Waals surface area contributed by atoms with E-state index < -0.39 is 0 Å². The summed E-state index contributed by atoms with van der Waals surface area (Å²) in [7, 11) is 1.80. The molecule has 0 radical (unpaired) electrons. The van der Waals surface area contributed by atoms with Crippen molar-refractivity contribution in [2.75, 3.05) is 7.11 Å². The molecule has 3 aliphatic rings. The van der Waals surface area contributed by atoms with Crippen LogP contribution in [-0.2, 0) is 6.42 Å². The average molecular weight is 284 g/mol. The second-order valence-corrected chi connectivity index (χ2v) is 7.71. The molecule has 0 saturated heterocycles. The van der Waals surface area contributed by atoms with Crippen LogP contribution in [0.4, 0.5) is 0 Å².